The summed E-state index contributed by atoms with van der Waals surface area (Å²) < 4.78 is 2.00. The van der Waals surface area contributed by atoms with Gasteiger partial charge in [0.2, 0.25) is 5.95 Å². The number of hydrogen-bond acceptors (Lipinski definition) is 6. The van der Waals surface area contributed by atoms with Crippen LogP contribution in [-0.2, 0) is 0 Å². The lowest BCUT2D eigenvalue weighted by atomic mass is 10.2. The first-order valence-corrected chi connectivity index (χ1v) is 9.76. The van der Waals surface area contributed by atoms with E-state index >= 15 is 0 Å². The van der Waals surface area contributed by atoms with E-state index in [9.17, 15) is 0 Å². The molecule has 0 fully saturated rings. The van der Waals surface area contributed by atoms with Gasteiger partial charge < -0.3 is 9.80 Å². The zero-order valence-electron chi connectivity index (χ0n) is 16.6. The number of rotatable bonds is 8. The molecule has 0 aliphatic rings. The highest BCUT2D eigenvalue weighted by Crippen LogP contribution is 2.21. The van der Waals surface area contributed by atoms with Crippen LogP contribution in [0.2, 0.25) is 0 Å². The van der Waals surface area contributed by atoms with Gasteiger partial charge in [0.25, 0.3) is 0 Å². The second-order valence-electron chi connectivity index (χ2n) is 6.94. The first kappa shape index (κ1) is 18.4. The predicted octanol–water partition coefficient (Wildman–Crippen LogP) is 2.86. The summed E-state index contributed by atoms with van der Waals surface area (Å²) in [5.74, 6) is 0.721. The van der Waals surface area contributed by atoms with Gasteiger partial charge in [0.05, 0.1) is 17.9 Å². The van der Waals surface area contributed by atoms with E-state index in [0.29, 0.717) is 0 Å². The fourth-order valence-corrected chi connectivity index (χ4v) is 3.42. The first-order chi connectivity index (χ1) is 13.7. The minimum absolute atomic E-state index is 0.721. The zero-order chi connectivity index (χ0) is 19.5. The Morgan fingerprint density at radius 3 is 2.75 bits per heavy atom. The summed E-state index contributed by atoms with van der Waals surface area (Å²) in [7, 11) is 2.04. The molecule has 146 valence electrons. The monoisotopic (exact) mass is 378 g/mol. The zero-order valence-corrected chi connectivity index (χ0v) is 16.6. The molecule has 1 N–H and O–H groups in total. The molecule has 4 rings (SSSR count). The van der Waals surface area contributed by atoms with E-state index in [1.54, 1.807) is 12.5 Å². The Balaban J connectivity index is 1.57. The van der Waals surface area contributed by atoms with E-state index in [4.69, 9.17) is 4.98 Å². The van der Waals surface area contributed by atoms with Crippen LogP contribution in [0, 0.1) is 0 Å². The van der Waals surface area contributed by atoms with Crippen LogP contribution in [0.15, 0.2) is 36.9 Å². The molecule has 0 spiro atoms. The number of imidazole rings is 1. The molecule has 4 aromatic rings. The van der Waals surface area contributed by atoms with Crippen LogP contribution in [0.5, 0.6) is 0 Å². The van der Waals surface area contributed by atoms with Crippen molar-refractivity contribution in [1.82, 2.24) is 34.6 Å². The Labute approximate surface area is 164 Å². The highest BCUT2D eigenvalue weighted by Gasteiger charge is 2.12. The molecule has 0 aliphatic carbocycles. The van der Waals surface area contributed by atoms with Gasteiger partial charge in [-0.25, -0.2) is 9.97 Å². The maximum Gasteiger partial charge on any atom is 0.227 e. The fourth-order valence-electron chi connectivity index (χ4n) is 3.42. The van der Waals surface area contributed by atoms with E-state index in [1.807, 2.05) is 29.9 Å². The van der Waals surface area contributed by atoms with Crippen LogP contribution in [0.1, 0.15) is 20.3 Å². The number of anilines is 1. The summed E-state index contributed by atoms with van der Waals surface area (Å²) in [5, 5.41) is 8.13. The first-order valence-electron chi connectivity index (χ1n) is 9.76. The van der Waals surface area contributed by atoms with Crippen molar-refractivity contribution >= 4 is 28.0 Å². The number of aromatic amines is 1. The number of H-pyrrole nitrogens is 1. The van der Waals surface area contributed by atoms with Gasteiger partial charge in [-0.3, -0.25) is 9.67 Å². The van der Waals surface area contributed by atoms with Gasteiger partial charge >= 0.3 is 0 Å². The summed E-state index contributed by atoms with van der Waals surface area (Å²) in [6, 6.07) is 6.14. The predicted molar refractivity (Wildman–Crippen MR) is 112 cm³/mol. The summed E-state index contributed by atoms with van der Waals surface area (Å²) in [6.07, 6.45) is 6.49. The lowest BCUT2D eigenvalue weighted by Crippen LogP contribution is -2.28. The lowest BCUT2D eigenvalue weighted by molar-refractivity contribution is 0.301. The third-order valence-corrected chi connectivity index (χ3v) is 5.18. The number of nitrogens with one attached hydrogen (secondary N) is 1. The highest BCUT2D eigenvalue weighted by molar-refractivity contribution is 5.81. The van der Waals surface area contributed by atoms with E-state index in [-0.39, 0.29) is 0 Å². The fraction of sp³-hybridized carbons (Fsp3) is 0.400. The largest absolute Gasteiger partial charge is 0.344 e. The van der Waals surface area contributed by atoms with E-state index in [0.717, 1.165) is 66.3 Å². The van der Waals surface area contributed by atoms with Gasteiger partial charge in [-0.05, 0) is 44.3 Å². The van der Waals surface area contributed by atoms with Gasteiger partial charge in [-0.1, -0.05) is 13.8 Å². The van der Waals surface area contributed by atoms with Crippen LogP contribution in [-0.4, -0.2) is 67.8 Å². The van der Waals surface area contributed by atoms with Gasteiger partial charge in [0, 0.05) is 24.7 Å². The van der Waals surface area contributed by atoms with E-state index in [2.05, 4.69) is 49.9 Å². The summed E-state index contributed by atoms with van der Waals surface area (Å²) in [5.41, 5.74) is 3.61. The van der Waals surface area contributed by atoms with Crippen molar-refractivity contribution in [3.05, 3.63) is 36.9 Å². The average molecular weight is 378 g/mol. The van der Waals surface area contributed by atoms with Gasteiger partial charge in [-0.15, -0.1) is 0 Å². The number of nitrogens with zero attached hydrogens (tertiary/aromatic N) is 7. The lowest BCUT2D eigenvalue weighted by Gasteiger charge is -2.21. The highest BCUT2D eigenvalue weighted by atomic mass is 15.3. The van der Waals surface area contributed by atoms with Crippen LogP contribution in [0.3, 0.4) is 0 Å². The molecule has 0 bridgehead atoms. The number of fused-ring (bicyclic) bond motifs is 2. The van der Waals surface area contributed by atoms with Crippen LogP contribution >= 0.6 is 0 Å². The maximum absolute atomic E-state index is 4.80. The Bertz CT molecular complexity index is 1060. The molecule has 0 radical (unpaired) electrons. The minimum atomic E-state index is 0.721. The number of aromatic nitrogens is 6. The molecule has 3 aromatic heterocycles. The van der Waals surface area contributed by atoms with Crippen molar-refractivity contribution < 1.29 is 0 Å². The normalized spacial score (nSPS) is 11.7. The molecule has 3 heterocycles. The van der Waals surface area contributed by atoms with Crippen LogP contribution in [0.25, 0.3) is 27.8 Å². The molecule has 0 saturated heterocycles. The third kappa shape index (κ3) is 3.55. The second-order valence-corrected chi connectivity index (χ2v) is 6.94. The molecule has 0 unspecified atom stereocenters. The molecule has 0 amide bonds. The summed E-state index contributed by atoms with van der Waals surface area (Å²) >= 11 is 0. The average Bonchev–Trinajstić information content (AvgIpc) is 3.36. The molecular formula is C20H26N8. The standard InChI is InChI=1S/C20H26N8/c1-4-27(5-2)10-6-9-26(3)20-21-13-18-19(24-20)28(14-22-18)16-7-8-17-15(11-16)12-23-25-17/h7-8,11-14H,4-6,9-10H2,1-3H3,(H,23,25). The van der Waals surface area contributed by atoms with Crippen LogP contribution < -0.4 is 4.90 Å². The van der Waals surface area contributed by atoms with Crippen molar-refractivity contribution in [2.45, 2.75) is 20.3 Å². The molecule has 1 aromatic carbocycles. The molecule has 0 atom stereocenters. The molecule has 8 heteroatoms. The van der Waals surface area contributed by atoms with Crippen molar-refractivity contribution in [2.24, 2.45) is 0 Å². The van der Waals surface area contributed by atoms with Crippen molar-refractivity contribution in [3.8, 4) is 5.69 Å². The quantitative estimate of drug-likeness (QED) is 0.508. The summed E-state index contributed by atoms with van der Waals surface area (Å²) in [4.78, 5) is 18.3. The minimum Gasteiger partial charge on any atom is -0.344 e. The van der Waals surface area contributed by atoms with Gasteiger partial charge in [0.1, 0.15) is 11.8 Å². The Morgan fingerprint density at radius 1 is 1.07 bits per heavy atom. The smallest absolute Gasteiger partial charge is 0.227 e. The van der Waals surface area contributed by atoms with Crippen molar-refractivity contribution in [1.29, 1.82) is 0 Å². The van der Waals surface area contributed by atoms with E-state index in [1.165, 1.54) is 0 Å². The third-order valence-electron chi connectivity index (χ3n) is 5.18. The molecule has 28 heavy (non-hydrogen) atoms. The molecule has 0 saturated carbocycles. The Hall–Kier alpha value is -3.00. The van der Waals surface area contributed by atoms with Gasteiger partial charge in [0.15, 0.2) is 5.65 Å². The van der Waals surface area contributed by atoms with Crippen molar-refractivity contribution in [3.63, 3.8) is 0 Å². The SMILES string of the molecule is CCN(CC)CCCN(C)c1ncc2ncn(-c3ccc4[nH]ncc4c3)c2n1. The Kier molecular flexibility index (Phi) is 5.21. The number of benzene rings is 1. The topological polar surface area (TPSA) is 78.8 Å². The van der Waals surface area contributed by atoms with Crippen molar-refractivity contribution in [2.75, 3.05) is 38.1 Å². The summed E-state index contributed by atoms with van der Waals surface area (Å²) in [6.45, 7) is 8.57. The van der Waals surface area contributed by atoms with Crippen LogP contribution in [0.4, 0.5) is 5.95 Å². The van der Waals surface area contributed by atoms with E-state index < -0.39 is 0 Å². The second kappa shape index (κ2) is 7.93. The maximum atomic E-state index is 4.80. The van der Waals surface area contributed by atoms with Gasteiger partial charge in [-0.2, -0.15) is 10.1 Å². The number of hydrogen-bond donors (Lipinski definition) is 1. The molecule has 8 nitrogen and oxygen atoms in total. The molecule has 0 aliphatic heterocycles. The Morgan fingerprint density at radius 2 is 1.93 bits per heavy atom. The molecular weight excluding hydrogens is 352 g/mol.